The van der Waals surface area contributed by atoms with Crippen LogP contribution in [0.1, 0.15) is 33.9 Å². The summed E-state index contributed by atoms with van der Waals surface area (Å²) in [5.41, 5.74) is 3.94. The number of fused-ring (bicyclic) bond motifs is 3. The van der Waals surface area contributed by atoms with Crippen molar-refractivity contribution < 1.29 is 9.53 Å². The Hall–Kier alpha value is -2.60. The van der Waals surface area contributed by atoms with Crippen LogP contribution >= 0.6 is 11.8 Å². The number of carbonyl (C=O) groups is 1. The molecule has 5 nitrogen and oxygen atoms in total. The van der Waals surface area contributed by atoms with E-state index in [1.807, 2.05) is 35.5 Å². The highest BCUT2D eigenvalue weighted by atomic mass is 32.2. The van der Waals surface area contributed by atoms with Gasteiger partial charge >= 0.3 is 5.97 Å². The third kappa shape index (κ3) is 3.05. The lowest BCUT2D eigenvalue weighted by molar-refractivity contribution is 0.0600. The van der Waals surface area contributed by atoms with Gasteiger partial charge in [0, 0.05) is 24.0 Å². The molecule has 2 heterocycles. The summed E-state index contributed by atoms with van der Waals surface area (Å²) in [6.07, 6.45) is 2.86. The minimum atomic E-state index is -0.318. The lowest BCUT2D eigenvalue weighted by Crippen LogP contribution is -2.27. The SMILES string of the molecule is COC(=O)c1ccc(CSC2=Nc3ccccc3C3CC=NN23)cc1. The van der Waals surface area contributed by atoms with Gasteiger partial charge < -0.3 is 4.74 Å². The van der Waals surface area contributed by atoms with E-state index in [1.54, 1.807) is 23.9 Å². The topological polar surface area (TPSA) is 54.3 Å². The summed E-state index contributed by atoms with van der Waals surface area (Å²) >= 11 is 1.66. The van der Waals surface area contributed by atoms with Crippen LogP contribution in [0, 0.1) is 0 Å². The molecule has 1 atom stereocenters. The van der Waals surface area contributed by atoms with Gasteiger partial charge in [0.2, 0.25) is 0 Å². The Labute approximate surface area is 150 Å². The summed E-state index contributed by atoms with van der Waals surface area (Å²) < 4.78 is 4.73. The van der Waals surface area contributed by atoms with E-state index in [9.17, 15) is 4.79 Å². The maximum atomic E-state index is 11.5. The van der Waals surface area contributed by atoms with Crippen molar-refractivity contribution in [2.45, 2.75) is 18.2 Å². The third-order valence-electron chi connectivity index (χ3n) is 4.28. The van der Waals surface area contributed by atoms with Gasteiger partial charge in [0.25, 0.3) is 0 Å². The molecular formula is C19H17N3O2S. The molecule has 6 heteroatoms. The molecule has 0 N–H and O–H groups in total. The average molecular weight is 351 g/mol. The van der Waals surface area contributed by atoms with Crippen LogP contribution in [0.3, 0.4) is 0 Å². The van der Waals surface area contributed by atoms with E-state index >= 15 is 0 Å². The molecule has 0 saturated heterocycles. The van der Waals surface area contributed by atoms with Crippen LogP contribution in [0.25, 0.3) is 0 Å². The fourth-order valence-corrected chi connectivity index (χ4v) is 3.94. The van der Waals surface area contributed by atoms with Crippen molar-refractivity contribution in [2.75, 3.05) is 7.11 Å². The van der Waals surface area contributed by atoms with Gasteiger partial charge in [0.1, 0.15) is 0 Å². The summed E-state index contributed by atoms with van der Waals surface area (Å²) in [6, 6.07) is 16.0. The van der Waals surface area contributed by atoms with Gasteiger partial charge in [-0.1, -0.05) is 42.1 Å². The van der Waals surface area contributed by atoms with E-state index in [4.69, 9.17) is 9.73 Å². The number of thioether (sulfide) groups is 1. The highest BCUT2D eigenvalue weighted by molar-refractivity contribution is 8.13. The second-order valence-electron chi connectivity index (χ2n) is 5.82. The Kier molecular flexibility index (Phi) is 4.28. The van der Waals surface area contributed by atoms with Gasteiger partial charge in [0.15, 0.2) is 5.17 Å². The number of para-hydroxylation sites is 1. The van der Waals surface area contributed by atoms with Crippen LogP contribution in [0.15, 0.2) is 58.6 Å². The van der Waals surface area contributed by atoms with E-state index < -0.39 is 0 Å². The summed E-state index contributed by atoms with van der Waals surface area (Å²) in [4.78, 5) is 16.3. The number of ether oxygens (including phenoxy) is 1. The Morgan fingerprint density at radius 3 is 2.84 bits per heavy atom. The van der Waals surface area contributed by atoms with Gasteiger partial charge in [-0.25, -0.2) is 14.8 Å². The van der Waals surface area contributed by atoms with Crippen LogP contribution in [0.2, 0.25) is 0 Å². The molecule has 2 aromatic rings. The smallest absolute Gasteiger partial charge is 0.337 e. The van der Waals surface area contributed by atoms with Crippen LogP contribution in [0.4, 0.5) is 5.69 Å². The molecule has 1 unspecified atom stereocenters. The summed E-state index contributed by atoms with van der Waals surface area (Å²) in [7, 11) is 1.39. The molecule has 0 saturated carbocycles. The predicted molar refractivity (Wildman–Crippen MR) is 100 cm³/mol. The summed E-state index contributed by atoms with van der Waals surface area (Å²) in [5, 5.41) is 7.42. The molecule has 2 aromatic carbocycles. The molecule has 0 aromatic heterocycles. The molecule has 0 fully saturated rings. The van der Waals surface area contributed by atoms with Crippen LogP contribution in [-0.2, 0) is 10.5 Å². The Morgan fingerprint density at radius 2 is 2.04 bits per heavy atom. The highest BCUT2D eigenvalue weighted by Gasteiger charge is 2.32. The van der Waals surface area contributed by atoms with Gasteiger partial charge in [-0.3, -0.25) is 0 Å². The number of rotatable bonds is 3. The number of hydrogen-bond acceptors (Lipinski definition) is 6. The number of benzene rings is 2. The number of nitrogens with zero attached hydrogens (tertiary/aromatic N) is 3. The van der Waals surface area contributed by atoms with Crippen molar-refractivity contribution in [3.8, 4) is 0 Å². The van der Waals surface area contributed by atoms with Gasteiger partial charge in [-0.15, -0.1) is 0 Å². The van der Waals surface area contributed by atoms with Crippen LogP contribution in [-0.4, -0.2) is 29.5 Å². The average Bonchev–Trinajstić information content (AvgIpc) is 3.16. The number of aliphatic imine (C=N–C) groups is 1. The fourth-order valence-electron chi connectivity index (χ4n) is 2.98. The zero-order valence-corrected chi connectivity index (χ0v) is 14.6. The monoisotopic (exact) mass is 351 g/mol. The van der Waals surface area contributed by atoms with E-state index in [-0.39, 0.29) is 12.0 Å². The molecule has 0 aliphatic carbocycles. The normalized spacial score (nSPS) is 17.7. The van der Waals surface area contributed by atoms with E-state index in [0.29, 0.717) is 5.56 Å². The molecule has 2 aliphatic heterocycles. The molecule has 0 spiro atoms. The van der Waals surface area contributed by atoms with Crippen molar-refractivity contribution in [1.82, 2.24) is 5.01 Å². The first-order chi connectivity index (χ1) is 12.3. The van der Waals surface area contributed by atoms with Gasteiger partial charge in [-0.05, 0) is 23.8 Å². The Morgan fingerprint density at radius 1 is 1.24 bits per heavy atom. The van der Waals surface area contributed by atoms with E-state index in [1.165, 1.54) is 12.7 Å². The molecule has 126 valence electrons. The lowest BCUT2D eigenvalue weighted by Gasteiger charge is -2.29. The van der Waals surface area contributed by atoms with Gasteiger partial charge in [-0.2, -0.15) is 5.10 Å². The van der Waals surface area contributed by atoms with Crippen molar-refractivity contribution >= 4 is 34.8 Å². The second kappa shape index (κ2) is 6.72. The minimum absolute atomic E-state index is 0.248. The number of hydrazone groups is 1. The second-order valence-corrected chi connectivity index (χ2v) is 6.77. The van der Waals surface area contributed by atoms with Gasteiger partial charge in [0.05, 0.1) is 24.4 Å². The lowest BCUT2D eigenvalue weighted by atomic mass is 10.0. The zero-order valence-electron chi connectivity index (χ0n) is 13.8. The van der Waals surface area contributed by atoms with Crippen molar-refractivity contribution in [2.24, 2.45) is 10.1 Å². The standard InChI is InChI=1S/C19H17N3O2S/c1-24-18(23)14-8-6-13(7-9-14)12-25-19-21-16-5-3-2-4-15(16)17-10-11-20-22(17)19/h2-9,11,17H,10,12H2,1H3. The molecule has 25 heavy (non-hydrogen) atoms. The summed E-state index contributed by atoms with van der Waals surface area (Å²) in [5.74, 6) is 0.447. The molecule has 4 rings (SSSR count). The summed E-state index contributed by atoms with van der Waals surface area (Å²) in [6.45, 7) is 0. The molecular weight excluding hydrogens is 334 g/mol. The van der Waals surface area contributed by atoms with Crippen LogP contribution < -0.4 is 0 Å². The highest BCUT2D eigenvalue weighted by Crippen LogP contribution is 2.41. The fraction of sp³-hybridized carbons (Fsp3) is 0.211. The number of methoxy groups -OCH3 is 1. The first-order valence-electron chi connectivity index (χ1n) is 8.05. The quantitative estimate of drug-likeness (QED) is 0.780. The number of hydrogen-bond donors (Lipinski definition) is 0. The number of carbonyl (C=O) groups excluding carboxylic acids is 1. The van der Waals surface area contributed by atoms with Crippen LogP contribution in [0.5, 0.6) is 0 Å². The molecule has 0 amide bonds. The minimum Gasteiger partial charge on any atom is -0.465 e. The van der Waals surface area contributed by atoms with Crippen molar-refractivity contribution in [1.29, 1.82) is 0 Å². The molecule has 2 aliphatic rings. The van der Waals surface area contributed by atoms with E-state index in [2.05, 4.69) is 17.2 Å². The predicted octanol–water partition coefficient (Wildman–Crippen LogP) is 4.14. The molecule has 0 radical (unpaired) electrons. The number of esters is 1. The third-order valence-corrected chi connectivity index (χ3v) is 5.29. The van der Waals surface area contributed by atoms with E-state index in [0.717, 1.165) is 28.6 Å². The first kappa shape index (κ1) is 15.9. The van der Waals surface area contributed by atoms with Crippen molar-refractivity contribution in [3.05, 3.63) is 65.2 Å². The van der Waals surface area contributed by atoms with Crippen molar-refractivity contribution in [3.63, 3.8) is 0 Å². The maximum Gasteiger partial charge on any atom is 0.337 e. The number of amidine groups is 1. The first-order valence-corrected chi connectivity index (χ1v) is 9.04. The zero-order chi connectivity index (χ0) is 17.2. The molecule has 0 bridgehead atoms. The Balaban J connectivity index is 1.52. The maximum absolute atomic E-state index is 11.5. The Bertz CT molecular complexity index is 861. The largest absolute Gasteiger partial charge is 0.465 e.